The summed E-state index contributed by atoms with van der Waals surface area (Å²) in [6, 6.07) is 12.9. The highest BCUT2D eigenvalue weighted by Crippen LogP contribution is 2.35. The fraction of sp³-hybridized carbons (Fsp3) is 0.458. The van der Waals surface area contributed by atoms with Crippen LogP contribution < -0.4 is 0 Å². The molecule has 1 saturated carbocycles. The topological polar surface area (TPSA) is 33.1 Å². The molecule has 0 spiro atoms. The fourth-order valence-corrected chi connectivity index (χ4v) is 4.24. The number of allylic oxidation sites excluding steroid dienone is 2. The summed E-state index contributed by atoms with van der Waals surface area (Å²) in [5.74, 6) is 1.17. The van der Waals surface area contributed by atoms with Gasteiger partial charge in [0.1, 0.15) is 0 Å². The number of aliphatic hydroxyl groups is 1. The Balaban J connectivity index is 1.77. The molecule has 1 fully saturated rings. The molecular weight excluding hydrogens is 318 g/mol. The van der Waals surface area contributed by atoms with Gasteiger partial charge in [-0.1, -0.05) is 48.9 Å². The molecule has 0 amide bonds. The first kappa shape index (κ1) is 18.8. The number of nitrogens with zero attached hydrogens (tertiary/aromatic N) is 1. The maximum atomic E-state index is 9.71. The normalized spacial score (nSPS) is 22.2. The van der Waals surface area contributed by atoms with E-state index in [1.165, 1.54) is 22.3 Å². The second-order valence-corrected chi connectivity index (χ2v) is 7.72. The van der Waals surface area contributed by atoms with Crippen LogP contribution in [0.4, 0.5) is 0 Å². The van der Waals surface area contributed by atoms with Crippen molar-refractivity contribution in [2.45, 2.75) is 64.4 Å². The minimum atomic E-state index is -0.0743. The minimum absolute atomic E-state index is 0.0743. The molecule has 1 aliphatic carbocycles. The van der Waals surface area contributed by atoms with Crippen LogP contribution in [-0.2, 0) is 0 Å². The van der Waals surface area contributed by atoms with Gasteiger partial charge in [0.2, 0.25) is 0 Å². The Morgan fingerprint density at radius 2 is 1.92 bits per heavy atom. The molecule has 0 radical (unpaired) electrons. The Bertz CT molecular complexity index is 714. The molecule has 0 saturated heterocycles. The van der Waals surface area contributed by atoms with Gasteiger partial charge in [-0.05, 0) is 74.5 Å². The summed E-state index contributed by atoms with van der Waals surface area (Å²) in [5.41, 5.74) is 5.42. The average molecular weight is 350 g/mol. The zero-order valence-corrected chi connectivity index (χ0v) is 16.1. The van der Waals surface area contributed by atoms with Crippen LogP contribution in [0.3, 0.4) is 0 Å². The van der Waals surface area contributed by atoms with E-state index in [1.807, 2.05) is 18.5 Å². The smallest absolute Gasteiger partial charge is 0.0540 e. The Hall–Kier alpha value is -1.93. The summed E-state index contributed by atoms with van der Waals surface area (Å²) in [6.45, 7) is 4.56. The molecule has 2 aromatic rings. The molecule has 1 heterocycles. The summed E-state index contributed by atoms with van der Waals surface area (Å²) >= 11 is 0. The monoisotopic (exact) mass is 349 g/mol. The molecule has 3 rings (SSSR count). The van der Waals surface area contributed by atoms with E-state index in [9.17, 15) is 5.11 Å². The summed E-state index contributed by atoms with van der Waals surface area (Å²) in [6.07, 6.45) is 12.6. The van der Waals surface area contributed by atoms with E-state index in [0.717, 1.165) is 38.5 Å². The van der Waals surface area contributed by atoms with Crippen LogP contribution in [-0.4, -0.2) is 16.2 Å². The molecule has 0 aliphatic heterocycles. The summed E-state index contributed by atoms with van der Waals surface area (Å²) in [5, 5.41) is 9.71. The van der Waals surface area contributed by atoms with E-state index >= 15 is 0 Å². The van der Waals surface area contributed by atoms with E-state index in [2.05, 4.69) is 55.2 Å². The number of hydrogen-bond donors (Lipinski definition) is 1. The van der Waals surface area contributed by atoms with Crippen molar-refractivity contribution in [3.8, 4) is 11.1 Å². The third kappa shape index (κ3) is 4.82. The van der Waals surface area contributed by atoms with Crippen molar-refractivity contribution < 1.29 is 5.11 Å². The lowest BCUT2D eigenvalue weighted by molar-refractivity contribution is 0.117. The molecular formula is C24H31NO. The maximum Gasteiger partial charge on any atom is 0.0540 e. The standard InChI is InChI=1S/C24H31NO/c1-3-20(16-18(2)15-19-10-12-22(26)13-11-19)23-8-4-5-9-24(23)21-7-6-14-25-17-21/h4-9,14-15,17,19-20,22,26H,3,10-13,16H2,1-2H3. The number of rotatable bonds is 6. The Labute approximate surface area is 158 Å². The van der Waals surface area contributed by atoms with Crippen LogP contribution >= 0.6 is 0 Å². The van der Waals surface area contributed by atoms with Gasteiger partial charge in [0.05, 0.1) is 6.10 Å². The highest BCUT2D eigenvalue weighted by Gasteiger charge is 2.19. The molecule has 1 aromatic heterocycles. The number of aliphatic hydroxyl groups excluding tert-OH is 1. The van der Waals surface area contributed by atoms with E-state index in [-0.39, 0.29) is 6.10 Å². The number of pyridine rings is 1. The molecule has 1 atom stereocenters. The van der Waals surface area contributed by atoms with Crippen molar-refractivity contribution in [2.24, 2.45) is 5.92 Å². The number of hydrogen-bond acceptors (Lipinski definition) is 2. The lowest BCUT2D eigenvalue weighted by atomic mass is 9.82. The lowest BCUT2D eigenvalue weighted by Crippen LogP contribution is -2.17. The molecule has 1 N–H and O–H groups in total. The fourth-order valence-electron chi connectivity index (χ4n) is 4.24. The van der Waals surface area contributed by atoms with Crippen molar-refractivity contribution in [3.63, 3.8) is 0 Å². The third-order valence-electron chi connectivity index (χ3n) is 5.70. The van der Waals surface area contributed by atoms with E-state index in [1.54, 1.807) is 0 Å². The number of benzene rings is 1. The van der Waals surface area contributed by atoms with Crippen molar-refractivity contribution in [1.29, 1.82) is 0 Å². The van der Waals surface area contributed by atoms with Crippen molar-refractivity contribution in [3.05, 3.63) is 66.0 Å². The van der Waals surface area contributed by atoms with E-state index in [0.29, 0.717) is 11.8 Å². The van der Waals surface area contributed by atoms with E-state index < -0.39 is 0 Å². The van der Waals surface area contributed by atoms with Gasteiger partial charge in [0.25, 0.3) is 0 Å². The predicted octanol–water partition coefficient (Wildman–Crippen LogP) is 6.13. The van der Waals surface area contributed by atoms with Crippen molar-refractivity contribution in [1.82, 2.24) is 4.98 Å². The lowest BCUT2D eigenvalue weighted by Gasteiger charge is -2.24. The van der Waals surface area contributed by atoms with Gasteiger partial charge < -0.3 is 5.11 Å². The third-order valence-corrected chi connectivity index (χ3v) is 5.70. The van der Waals surface area contributed by atoms with E-state index in [4.69, 9.17) is 0 Å². The SMILES string of the molecule is CCC(CC(C)=CC1CCC(O)CC1)c1ccccc1-c1cccnc1. The quantitative estimate of drug-likeness (QED) is 0.636. The van der Waals surface area contributed by atoms with Crippen LogP contribution in [0, 0.1) is 5.92 Å². The molecule has 138 valence electrons. The molecule has 1 aromatic carbocycles. The average Bonchev–Trinajstić information content (AvgIpc) is 2.68. The minimum Gasteiger partial charge on any atom is -0.393 e. The predicted molar refractivity (Wildman–Crippen MR) is 109 cm³/mol. The first-order valence-electron chi connectivity index (χ1n) is 10.0. The van der Waals surface area contributed by atoms with Gasteiger partial charge in [0.15, 0.2) is 0 Å². The second kappa shape index (κ2) is 9.14. The van der Waals surface area contributed by atoms with Crippen molar-refractivity contribution >= 4 is 0 Å². The van der Waals surface area contributed by atoms with Crippen LogP contribution in [0.5, 0.6) is 0 Å². The van der Waals surface area contributed by atoms with Gasteiger partial charge in [-0.15, -0.1) is 0 Å². The highest BCUT2D eigenvalue weighted by atomic mass is 16.3. The highest BCUT2D eigenvalue weighted by molar-refractivity contribution is 5.67. The molecule has 26 heavy (non-hydrogen) atoms. The van der Waals surface area contributed by atoms with Crippen LogP contribution in [0.1, 0.15) is 63.9 Å². The first-order chi connectivity index (χ1) is 12.7. The molecule has 2 heteroatoms. The second-order valence-electron chi connectivity index (χ2n) is 7.72. The van der Waals surface area contributed by atoms with Gasteiger partial charge in [-0.25, -0.2) is 0 Å². The van der Waals surface area contributed by atoms with Gasteiger partial charge in [-0.2, -0.15) is 0 Å². The summed E-state index contributed by atoms with van der Waals surface area (Å²) in [7, 11) is 0. The Morgan fingerprint density at radius 3 is 2.62 bits per heavy atom. The Kier molecular flexibility index (Phi) is 6.62. The van der Waals surface area contributed by atoms with Crippen LogP contribution in [0.15, 0.2) is 60.4 Å². The Morgan fingerprint density at radius 1 is 1.15 bits per heavy atom. The maximum absolute atomic E-state index is 9.71. The van der Waals surface area contributed by atoms with Crippen LogP contribution in [0.2, 0.25) is 0 Å². The van der Waals surface area contributed by atoms with Crippen molar-refractivity contribution in [2.75, 3.05) is 0 Å². The van der Waals surface area contributed by atoms with Crippen LogP contribution in [0.25, 0.3) is 11.1 Å². The first-order valence-corrected chi connectivity index (χ1v) is 10.0. The molecule has 2 nitrogen and oxygen atoms in total. The van der Waals surface area contributed by atoms with Gasteiger partial charge in [0, 0.05) is 18.0 Å². The summed E-state index contributed by atoms with van der Waals surface area (Å²) < 4.78 is 0. The molecule has 0 bridgehead atoms. The zero-order chi connectivity index (χ0) is 18.4. The zero-order valence-electron chi connectivity index (χ0n) is 16.1. The summed E-state index contributed by atoms with van der Waals surface area (Å²) in [4.78, 5) is 4.30. The van der Waals surface area contributed by atoms with Gasteiger partial charge in [-0.3, -0.25) is 4.98 Å². The largest absolute Gasteiger partial charge is 0.393 e. The number of aromatic nitrogens is 1. The molecule has 1 unspecified atom stereocenters. The van der Waals surface area contributed by atoms with Gasteiger partial charge >= 0.3 is 0 Å². The molecule has 1 aliphatic rings.